The van der Waals surface area contributed by atoms with E-state index in [1.54, 1.807) is 6.92 Å². The quantitative estimate of drug-likeness (QED) is 0.588. The van der Waals surface area contributed by atoms with Gasteiger partial charge in [0.05, 0.1) is 12.1 Å². The SMILES string of the molecule is Cc1ccc(N)c(C(C)(N)CO)c1. The molecule has 72 valence electrons. The highest BCUT2D eigenvalue weighted by molar-refractivity contribution is 5.51. The summed E-state index contributed by atoms with van der Waals surface area (Å²) in [5, 5.41) is 9.08. The van der Waals surface area contributed by atoms with Gasteiger partial charge >= 0.3 is 0 Å². The fourth-order valence-corrected chi connectivity index (χ4v) is 1.25. The van der Waals surface area contributed by atoms with Gasteiger partial charge in [0.15, 0.2) is 0 Å². The molecule has 13 heavy (non-hydrogen) atoms. The van der Waals surface area contributed by atoms with Crippen molar-refractivity contribution in [2.24, 2.45) is 5.73 Å². The van der Waals surface area contributed by atoms with Crippen molar-refractivity contribution in [3.63, 3.8) is 0 Å². The molecule has 1 aromatic rings. The molecule has 3 nitrogen and oxygen atoms in total. The molecular formula is C10H16N2O. The standard InChI is InChI=1S/C10H16N2O/c1-7-3-4-9(11)8(5-7)10(2,12)6-13/h3-5,13H,6,11-12H2,1-2H3. The highest BCUT2D eigenvalue weighted by Gasteiger charge is 2.22. The number of hydrogen-bond acceptors (Lipinski definition) is 3. The van der Waals surface area contributed by atoms with E-state index in [1.165, 1.54) is 0 Å². The number of nitrogens with two attached hydrogens (primary N) is 2. The molecule has 5 N–H and O–H groups in total. The Morgan fingerprint density at radius 1 is 1.46 bits per heavy atom. The molecule has 0 aliphatic carbocycles. The van der Waals surface area contributed by atoms with Crippen LogP contribution in [0.1, 0.15) is 18.1 Å². The van der Waals surface area contributed by atoms with Gasteiger partial charge in [0.2, 0.25) is 0 Å². The van der Waals surface area contributed by atoms with E-state index in [1.807, 2.05) is 25.1 Å². The topological polar surface area (TPSA) is 72.3 Å². The molecule has 0 saturated heterocycles. The second-order valence-electron chi connectivity index (χ2n) is 3.67. The van der Waals surface area contributed by atoms with Gasteiger partial charge in [-0.15, -0.1) is 0 Å². The molecule has 0 radical (unpaired) electrons. The summed E-state index contributed by atoms with van der Waals surface area (Å²) in [6.07, 6.45) is 0. The van der Waals surface area contributed by atoms with E-state index in [4.69, 9.17) is 16.6 Å². The normalized spacial score (nSPS) is 15.4. The summed E-state index contributed by atoms with van der Waals surface area (Å²) < 4.78 is 0. The van der Waals surface area contributed by atoms with Crippen molar-refractivity contribution in [1.29, 1.82) is 0 Å². The van der Waals surface area contributed by atoms with Crippen LogP contribution in [0.15, 0.2) is 18.2 Å². The minimum Gasteiger partial charge on any atom is -0.398 e. The van der Waals surface area contributed by atoms with Crippen molar-refractivity contribution in [3.05, 3.63) is 29.3 Å². The molecule has 0 spiro atoms. The summed E-state index contributed by atoms with van der Waals surface area (Å²) >= 11 is 0. The minimum absolute atomic E-state index is 0.110. The highest BCUT2D eigenvalue weighted by atomic mass is 16.3. The van der Waals surface area contributed by atoms with Crippen molar-refractivity contribution in [2.75, 3.05) is 12.3 Å². The number of anilines is 1. The van der Waals surface area contributed by atoms with Crippen LogP contribution in [0.4, 0.5) is 5.69 Å². The van der Waals surface area contributed by atoms with Crippen LogP contribution < -0.4 is 11.5 Å². The van der Waals surface area contributed by atoms with E-state index >= 15 is 0 Å². The van der Waals surface area contributed by atoms with E-state index in [9.17, 15) is 0 Å². The zero-order valence-electron chi connectivity index (χ0n) is 8.04. The van der Waals surface area contributed by atoms with Gasteiger partial charge in [-0.05, 0) is 25.5 Å². The Kier molecular flexibility index (Phi) is 2.59. The first-order valence-corrected chi connectivity index (χ1v) is 4.24. The predicted octanol–water partition coefficient (Wildman–Crippen LogP) is 0.743. The summed E-state index contributed by atoms with van der Waals surface area (Å²) in [5.74, 6) is 0. The Labute approximate surface area is 78.4 Å². The van der Waals surface area contributed by atoms with E-state index in [0.717, 1.165) is 11.1 Å². The lowest BCUT2D eigenvalue weighted by molar-refractivity contribution is 0.210. The molecule has 3 heteroatoms. The lowest BCUT2D eigenvalue weighted by Crippen LogP contribution is -2.37. The van der Waals surface area contributed by atoms with Crippen LogP contribution >= 0.6 is 0 Å². The van der Waals surface area contributed by atoms with Gasteiger partial charge in [-0.1, -0.05) is 17.7 Å². The summed E-state index contributed by atoms with van der Waals surface area (Å²) in [7, 11) is 0. The highest BCUT2D eigenvalue weighted by Crippen LogP contribution is 2.24. The van der Waals surface area contributed by atoms with Crippen LogP contribution in [-0.2, 0) is 5.54 Å². The monoisotopic (exact) mass is 180 g/mol. The van der Waals surface area contributed by atoms with Crippen LogP contribution in [0.3, 0.4) is 0 Å². The van der Waals surface area contributed by atoms with E-state index in [-0.39, 0.29) is 6.61 Å². The second-order valence-corrected chi connectivity index (χ2v) is 3.67. The molecule has 0 aliphatic rings. The fraction of sp³-hybridized carbons (Fsp3) is 0.400. The summed E-state index contributed by atoms with van der Waals surface area (Å²) in [5.41, 5.74) is 13.4. The molecule has 0 aromatic heterocycles. The second kappa shape index (κ2) is 3.36. The van der Waals surface area contributed by atoms with Crippen molar-refractivity contribution >= 4 is 5.69 Å². The lowest BCUT2D eigenvalue weighted by Gasteiger charge is -2.24. The Bertz CT molecular complexity index is 308. The molecule has 0 amide bonds. The average Bonchev–Trinajstić information content (AvgIpc) is 2.09. The Balaban J connectivity index is 3.20. The van der Waals surface area contributed by atoms with Crippen LogP contribution in [0.5, 0.6) is 0 Å². The Morgan fingerprint density at radius 3 is 2.62 bits per heavy atom. The molecule has 1 rings (SSSR count). The Hall–Kier alpha value is -1.06. The number of aliphatic hydroxyl groups is 1. The van der Waals surface area contributed by atoms with E-state index in [0.29, 0.717) is 5.69 Å². The fourth-order valence-electron chi connectivity index (χ4n) is 1.25. The Morgan fingerprint density at radius 2 is 2.08 bits per heavy atom. The van der Waals surface area contributed by atoms with E-state index < -0.39 is 5.54 Å². The third-order valence-corrected chi connectivity index (χ3v) is 2.15. The molecule has 0 bridgehead atoms. The van der Waals surface area contributed by atoms with Gasteiger partial charge < -0.3 is 16.6 Å². The molecule has 0 fully saturated rings. The largest absolute Gasteiger partial charge is 0.398 e. The molecule has 0 saturated carbocycles. The van der Waals surface area contributed by atoms with Crippen LogP contribution in [-0.4, -0.2) is 11.7 Å². The number of benzene rings is 1. The molecule has 1 atom stereocenters. The molecule has 0 aliphatic heterocycles. The number of rotatable bonds is 2. The van der Waals surface area contributed by atoms with Gasteiger partial charge in [-0.3, -0.25) is 0 Å². The number of aliphatic hydroxyl groups excluding tert-OH is 1. The third-order valence-electron chi connectivity index (χ3n) is 2.15. The van der Waals surface area contributed by atoms with Gasteiger partial charge in [0.1, 0.15) is 0 Å². The number of aryl methyl sites for hydroxylation is 1. The number of nitrogen functional groups attached to an aromatic ring is 1. The smallest absolute Gasteiger partial charge is 0.0651 e. The van der Waals surface area contributed by atoms with E-state index in [2.05, 4.69) is 0 Å². The maximum absolute atomic E-state index is 9.08. The van der Waals surface area contributed by atoms with Gasteiger partial charge in [0.25, 0.3) is 0 Å². The molecular weight excluding hydrogens is 164 g/mol. The molecule has 0 heterocycles. The third kappa shape index (κ3) is 1.99. The molecule has 1 unspecified atom stereocenters. The van der Waals surface area contributed by atoms with Gasteiger partial charge in [0, 0.05) is 5.69 Å². The summed E-state index contributed by atoms with van der Waals surface area (Å²) in [4.78, 5) is 0. The van der Waals surface area contributed by atoms with Crippen molar-refractivity contribution in [2.45, 2.75) is 19.4 Å². The lowest BCUT2D eigenvalue weighted by atomic mass is 9.91. The first-order valence-electron chi connectivity index (χ1n) is 4.24. The van der Waals surface area contributed by atoms with Crippen molar-refractivity contribution in [1.82, 2.24) is 0 Å². The van der Waals surface area contributed by atoms with Gasteiger partial charge in [-0.2, -0.15) is 0 Å². The first-order chi connectivity index (χ1) is 5.97. The zero-order chi connectivity index (χ0) is 10.1. The van der Waals surface area contributed by atoms with Gasteiger partial charge in [-0.25, -0.2) is 0 Å². The predicted molar refractivity (Wildman–Crippen MR) is 54.2 cm³/mol. The van der Waals surface area contributed by atoms with Crippen molar-refractivity contribution < 1.29 is 5.11 Å². The minimum atomic E-state index is -0.754. The number of hydrogen-bond donors (Lipinski definition) is 3. The van der Waals surface area contributed by atoms with Crippen LogP contribution in [0.25, 0.3) is 0 Å². The summed E-state index contributed by atoms with van der Waals surface area (Å²) in [6, 6.07) is 5.64. The average molecular weight is 180 g/mol. The molecule has 1 aromatic carbocycles. The summed E-state index contributed by atoms with van der Waals surface area (Å²) in [6.45, 7) is 3.62. The maximum atomic E-state index is 9.08. The maximum Gasteiger partial charge on any atom is 0.0651 e. The first kappa shape index (κ1) is 10.0. The van der Waals surface area contributed by atoms with Crippen LogP contribution in [0.2, 0.25) is 0 Å². The van der Waals surface area contributed by atoms with Crippen LogP contribution in [0, 0.1) is 6.92 Å². The van der Waals surface area contributed by atoms with Crippen molar-refractivity contribution in [3.8, 4) is 0 Å². The zero-order valence-corrected chi connectivity index (χ0v) is 8.04.